The first kappa shape index (κ1) is 7.97. The summed E-state index contributed by atoms with van der Waals surface area (Å²) in [6.45, 7) is 4.13. The second-order valence-corrected chi connectivity index (χ2v) is 3.13. The van der Waals surface area contributed by atoms with Gasteiger partial charge >= 0.3 is 0 Å². The quantitative estimate of drug-likeness (QED) is 0.741. The standard InChI is InChI=1S/C8H11N5/c1-6(2)11-7-3-4-8-9-5-10-13(8)12-7/h3-6H,1-2H3,(H,11,12). The highest BCUT2D eigenvalue weighted by Gasteiger charge is 1.99. The molecule has 0 atom stereocenters. The van der Waals surface area contributed by atoms with Crippen LogP contribution in [0.3, 0.4) is 0 Å². The SMILES string of the molecule is CC(C)Nc1ccc2ncnn2n1. The van der Waals surface area contributed by atoms with Gasteiger partial charge < -0.3 is 5.32 Å². The summed E-state index contributed by atoms with van der Waals surface area (Å²) < 4.78 is 1.50. The number of nitrogens with zero attached hydrogens (tertiary/aromatic N) is 4. The van der Waals surface area contributed by atoms with Crippen molar-refractivity contribution in [2.75, 3.05) is 5.32 Å². The fraction of sp³-hybridized carbons (Fsp3) is 0.375. The van der Waals surface area contributed by atoms with Gasteiger partial charge in [-0.3, -0.25) is 0 Å². The zero-order chi connectivity index (χ0) is 9.26. The van der Waals surface area contributed by atoms with Crippen LogP contribution in [0, 0.1) is 0 Å². The van der Waals surface area contributed by atoms with Gasteiger partial charge in [0.15, 0.2) is 5.65 Å². The molecule has 1 N–H and O–H groups in total. The predicted octanol–water partition coefficient (Wildman–Crippen LogP) is 0.945. The number of rotatable bonds is 2. The van der Waals surface area contributed by atoms with Gasteiger partial charge in [0, 0.05) is 6.04 Å². The van der Waals surface area contributed by atoms with Crippen molar-refractivity contribution in [3.63, 3.8) is 0 Å². The van der Waals surface area contributed by atoms with Crippen molar-refractivity contribution in [1.82, 2.24) is 19.8 Å². The highest BCUT2D eigenvalue weighted by Crippen LogP contribution is 2.04. The van der Waals surface area contributed by atoms with E-state index < -0.39 is 0 Å². The zero-order valence-corrected chi connectivity index (χ0v) is 7.60. The minimum Gasteiger partial charge on any atom is -0.366 e. The van der Waals surface area contributed by atoms with E-state index in [0.29, 0.717) is 6.04 Å². The average molecular weight is 177 g/mol. The number of anilines is 1. The zero-order valence-electron chi connectivity index (χ0n) is 7.60. The van der Waals surface area contributed by atoms with Gasteiger partial charge in [0.05, 0.1) is 0 Å². The maximum atomic E-state index is 4.21. The molecule has 13 heavy (non-hydrogen) atoms. The minimum atomic E-state index is 0.369. The van der Waals surface area contributed by atoms with E-state index in [4.69, 9.17) is 0 Å². The van der Waals surface area contributed by atoms with Crippen molar-refractivity contribution in [1.29, 1.82) is 0 Å². The Bertz CT molecular complexity index is 406. The van der Waals surface area contributed by atoms with Crippen LogP contribution in [0.2, 0.25) is 0 Å². The third-order valence-corrected chi connectivity index (χ3v) is 1.59. The summed E-state index contributed by atoms with van der Waals surface area (Å²) in [6, 6.07) is 4.14. The lowest BCUT2D eigenvalue weighted by atomic mass is 10.4. The van der Waals surface area contributed by atoms with Crippen LogP contribution >= 0.6 is 0 Å². The summed E-state index contributed by atoms with van der Waals surface area (Å²) in [6.07, 6.45) is 1.49. The van der Waals surface area contributed by atoms with Gasteiger partial charge in [0.1, 0.15) is 12.1 Å². The maximum absolute atomic E-state index is 4.21. The van der Waals surface area contributed by atoms with E-state index in [0.717, 1.165) is 11.5 Å². The van der Waals surface area contributed by atoms with Gasteiger partial charge in [-0.25, -0.2) is 4.98 Å². The summed E-state index contributed by atoms with van der Waals surface area (Å²) in [4.78, 5) is 4.00. The molecular formula is C8H11N5. The fourth-order valence-corrected chi connectivity index (χ4v) is 1.09. The van der Waals surface area contributed by atoms with Gasteiger partial charge in [-0.1, -0.05) is 0 Å². The molecule has 0 radical (unpaired) electrons. The summed E-state index contributed by atoms with van der Waals surface area (Å²) >= 11 is 0. The van der Waals surface area contributed by atoms with Gasteiger partial charge in [-0.05, 0) is 26.0 Å². The Balaban J connectivity index is 2.37. The molecule has 0 aliphatic carbocycles. The monoisotopic (exact) mass is 177 g/mol. The molecule has 0 bridgehead atoms. The van der Waals surface area contributed by atoms with Crippen LogP contribution in [-0.4, -0.2) is 25.9 Å². The maximum Gasteiger partial charge on any atom is 0.176 e. The van der Waals surface area contributed by atoms with E-state index in [9.17, 15) is 0 Å². The number of hydrogen-bond acceptors (Lipinski definition) is 4. The Morgan fingerprint density at radius 1 is 1.38 bits per heavy atom. The molecule has 2 aromatic heterocycles. The molecule has 0 aliphatic heterocycles. The molecule has 2 heterocycles. The Kier molecular flexibility index (Phi) is 1.84. The molecule has 2 rings (SSSR count). The molecule has 5 nitrogen and oxygen atoms in total. The normalized spacial score (nSPS) is 11.0. The second kappa shape index (κ2) is 3.01. The molecule has 0 saturated heterocycles. The predicted molar refractivity (Wildman–Crippen MR) is 49.5 cm³/mol. The molecule has 0 spiro atoms. The fourth-order valence-electron chi connectivity index (χ4n) is 1.09. The van der Waals surface area contributed by atoms with Crippen LogP contribution in [-0.2, 0) is 0 Å². The van der Waals surface area contributed by atoms with Crippen LogP contribution < -0.4 is 5.32 Å². The van der Waals surface area contributed by atoms with Crippen molar-refractivity contribution in [3.05, 3.63) is 18.5 Å². The Morgan fingerprint density at radius 2 is 2.23 bits per heavy atom. The van der Waals surface area contributed by atoms with Crippen molar-refractivity contribution < 1.29 is 0 Å². The lowest BCUT2D eigenvalue weighted by Gasteiger charge is -2.07. The Morgan fingerprint density at radius 3 is 3.00 bits per heavy atom. The lowest BCUT2D eigenvalue weighted by Crippen LogP contribution is -2.12. The number of aromatic nitrogens is 4. The van der Waals surface area contributed by atoms with E-state index in [1.807, 2.05) is 12.1 Å². The number of fused-ring (bicyclic) bond motifs is 1. The first-order chi connectivity index (χ1) is 6.25. The summed E-state index contributed by atoms with van der Waals surface area (Å²) in [5.41, 5.74) is 0.759. The van der Waals surface area contributed by atoms with Crippen LogP contribution in [0.1, 0.15) is 13.8 Å². The van der Waals surface area contributed by atoms with E-state index in [2.05, 4.69) is 34.3 Å². The lowest BCUT2D eigenvalue weighted by molar-refractivity contribution is 0.785. The van der Waals surface area contributed by atoms with Crippen molar-refractivity contribution in [2.24, 2.45) is 0 Å². The Labute approximate surface area is 75.8 Å². The second-order valence-electron chi connectivity index (χ2n) is 3.13. The van der Waals surface area contributed by atoms with E-state index in [1.165, 1.54) is 11.0 Å². The van der Waals surface area contributed by atoms with E-state index in [1.54, 1.807) is 0 Å². The highest BCUT2D eigenvalue weighted by atomic mass is 15.5. The summed E-state index contributed by atoms with van der Waals surface area (Å²) in [5, 5.41) is 11.3. The van der Waals surface area contributed by atoms with Crippen molar-refractivity contribution >= 4 is 11.5 Å². The van der Waals surface area contributed by atoms with Gasteiger partial charge in [-0.2, -0.15) is 0 Å². The molecule has 0 amide bonds. The average Bonchev–Trinajstić information content (AvgIpc) is 2.49. The molecule has 0 aromatic carbocycles. The first-order valence-electron chi connectivity index (χ1n) is 4.19. The van der Waals surface area contributed by atoms with E-state index >= 15 is 0 Å². The smallest absolute Gasteiger partial charge is 0.176 e. The first-order valence-corrected chi connectivity index (χ1v) is 4.19. The van der Waals surface area contributed by atoms with Crippen molar-refractivity contribution in [3.8, 4) is 0 Å². The third kappa shape index (κ3) is 1.58. The topological polar surface area (TPSA) is 55.1 Å². The largest absolute Gasteiger partial charge is 0.366 e. The van der Waals surface area contributed by atoms with Gasteiger partial charge in [-0.15, -0.1) is 14.8 Å². The van der Waals surface area contributed by atoms with Crippen LogP contribution in [0.5, 0.6) is 0 Å². The molecule has 0 aliphatic rings. The van der Waals surface area contributed by atoms with Crippen LogP contribution in [0.4, 0.5) is 5.82 Å². The number of hydrogen-bond donors (Lipinski definition) is 1. The molecule has 0 unspecified atom stereocenters. The molecule has 0 saturated carbocycles. The van der Waals surface area contributed by atoms with Crippen molar-refractivity contribution in [2.45, 2.75) is 19.9 Å². The molecular weight excluding hydrogens is 166 g/mol. The van der Waals surface area contributed by atoms with Gasteiger partial charge in [0.25, 0.3) is 0 Å². The summed E-state index contributed by atoms with van der Waals surface area (Å²) in [7, 11) is 0. The van der Waals surface area contributed by atoms with Crippen LogP contribution in [0.25, 0.3) is 5.65 Å². The van der Waals surface area contributed by atoms with Gasteiger partial charge in [0.2, 0.25) is 0 Å². The number of nitrogens with one attached hydrogen (secondary N) is 1. The minimum absolute atomic E-state index is 0.369. The molecule has 2 aromatic rings. The Hall–Kier alpha value is -1.65. The highest BCUT2D eigenvalue weighted by molar-refractivity contribution is 5.42. The third-order valence-electron chi connectivity index (χ3n) is 1.59. The summed E-state index contributed by atoms with van der Waals surface area (Å²) in [5.74, 6) is 0.813. The molecule has 5 heteroatoms. The molecule has 68 valence electrons. The van der Waals surface area contributed by atoms with Crippen LogP contribution in [0.15, 0.2) is 18.5 Å². The molecule has 0 fully saturated rings. The van der Waals surface area contributed by atoms with E-state index in [-0.39, 0.29) is 0 Å².